The van der Waals surface area contributed by atoms with Crippen LogP contribution in [0.15, 0.2) is 49.2 Å². The van der Waals surface area contributed by atoms with Crippen LogP contribution in [0.2, 0.25) is 0 Å². The van der Waals surface area contributed by atoms with Crippen LogP contribution >= 0.6 is 0 Å². The molecule has 30 heavy (non-hydrogen) atoms. The van der Waals surface area contributed by atoms with Gasteiger partial charge in [0, 0.05) is 31.9 Å². The third-order valence-corrected chi connectivity index (χ3v) is 5.31. The average molecular weight is 406 g/mol. The second-order valence-electron chi connectivity index (χ2n) is 7.62. The number of carbonyl (C=O) groups is 1. The molecular weight excluding hydrogens is 380 g/mol. The summed E-state index contributed by atoms with van der Waals surface area (Å²) in [5, 5.41) is 2.89. The lowest BCUT2D eigenvalue weighted by atomic mass is 10.0. The molecule has 2 aromatic heterocycles. The summed E-state index contributed by atoms with van der Waals surface area (Å²) in [6.07, 6.45) is 7.28. The Hall–Kier alpha value is -3.42. The summed E-state index contributed by atoms with van der Waals surface area (Å²) < 4.78 is 6.90. The van der Waals surface area contributed by atoms with E-state index in [0.29, 0.717) is 24.0 Å². The van der Waals surface area contributed by atoms with E-state index in [2.05, 4.69) is 32.1 Å². The first-order valence-corrected chi connectivity index (χ1v) is 10.1. The molecule has 1 aromatic carbocycles. The Morgan fingerprint density at radius 1 is 1.20 bits per heavy atom. The Bertz CT molecular complexity index is 1000. The van der Waals surface area contributed by atoms with Crippen LogP contribution in [0.4, 0.5) is 5.82 Å². The number of hydrogen-bond donors (Lipinski definition) is 1. The number of aromatic nitrogens is 4. The Labute approximate surface area is 175 Å². The summed E-state index contributed by atoms with van der Waals surface area (Å²) in [6, 6.07) is 9.51. The number of methoxy groups -OCH3 is 1. The average Bonchev–Trinajstić information content (AvgIpc) is 3.28. The number of hydrogen-bond acceptors (Lipinski definition) is 6. The fourth-order valence-corrected chi connectivity index (χ4v) is 3.63. The van der Waals surface area contributed by atoms with Crippen molar-refractivity contribution < 1.29 is 9.53 Å². The van der Waals surface area contributed by atoms with Gasteiger partial charge < -0.3 is 15.0 Å². The van der Waals surface area contributed by atoms with E-state index in [9.17, 15) is 4.79 Å². The minimum absolute atomic E-state index is 0.233. The lowest BCUT2D eigenvalue weighted by Gasteiger charge is -2.31. The molecule has 0 aliphatic carbocycles. The smallest absolute Gasteiger partial charge is 0.271 e. The van der Waals surface area contributed by atoms with Crippen LogP contribution in [0.3, 0.4) is 0 Å². The second kappa shape index (κ2) is 8.94. The monoisotopic (exact) mass is 406 g/mol. The van der Waals surface area contributed by atoms with Gasteiger partial charge in [-0.1, -0.05) is 19.1 Å². The van der Waals surface area contributed by atoms with Gasteiger partial charge in [0.1, 0.15) is 35.7 Å². The zero-order valence-corrected chi connectivity index (χ0v) is 17.3. The molecule has 1 amide bonds. The Kier molecular flexibility index (Phi) is 5.92. The van der Waals surface area contributed by atoms with Gasteiger partial charge in [-0.15, -0.1) is 0 Å². The number of nitrogens with one attached hydrogen (secondary N) is 1. The molecule has 0 bridgehead atoms. The lowest BCUT2D eigenvalue weighted by Crippen LogP contribution is -2.34. The first-order valence-electron chi connectivity index (χ1n) is 10.1. The maximum atomic E-state index is 12.5. The lowest BCUT2D eigenvalue weighted by molar-refractivity contribution is 0.0946. The molecule has 8 nitrogen and oxygen atoms in total. The highest BCUT2D eigenvalue weighted by molar-refractivity contribution is 5.92. The predicted molar refractivity (Wildman–Crippen MR) is 114 cm³/mol. The van der Waals surface area contributed by atoms with Crippen molar-refractivity contribution in [3.8, 4) is 11.6 Å². The molecule has 0 spiro atoms. The van der Waals surface area contributed by atoms with Crippen LogP contribution < -0.4 is 15.0 Å². The molecule has 1 fully saturated rings. The molecule has 1 aliphatic heterocycles. The maximum Gasteiger partial charge on any atom is 0.271 e. The van der Waals surface area contributed by atoms with E-state index < -0.39 is 0 Å². The first kappa shape index (κ1) is 19.9. The van der Waals surface area contributed by atoms with E-state index in [1.807, 2.05) is 30.3 Å². The fraction of sp³-hybridized carbons (Fsp3) is 0.364. The number of benzene rings is 1. The Morgan fingerprint density at radius 3 is 2.77 bits per heavy atom. The highest BCUT2D eigenvalue weighted by Gasteiger charge is 2.18. The van der Waals surface area contributed by atoms with Gasteiger partial charge in [0.2, 0.25) is 0 Å². The zero-order valence-electron chi connectivity index (χ0n) is 17.3. The molecule has 0 radical (unpaired) electrons. The minimum Gasteiger partial charge on any atom is -0.497 e. The number of anilines is 1. The van der Waals surface area contributed by atoms with Crippen molar-refractivity contribution in [3.05, 3.63) is 60.4 Å². The maximum absolute atomic E-state index is 12.5. The van der Waals surface area contributed by atoms with E-state index in [0.717, 1.165) is 30.2 Å². The summed E-state index contributed by atoms with van der Waals surface area (Å²) >= 11 is 0. The van der Waals surface area contributed by atoms with Gasteiger partial charge in [0.25, 0.3) is 5.91 Å². The second-order valence-corrected chi connectivity index (χ2v) is 7.62. The van der Waals surface area contributed by atoms with Gasteiger partial charge in [-0.05, 0) is 36.5 Å². The molecule has 3 heterocycles. The highest BCUT2D eigenvalue weighted by Crippen LogP contribution is 2.22. The summed E-state index contributed by atoms with van der Waals surface area (Å²) in [7, 11) is 1.63. The number of amides is 1. The zero-order chi connectivity index (χ0) is 20.9. The van der Waals surface area contributed by atoms with Crippen molar-refractivity contribution in [2.24, 2.45) is 5.92 Å². The van der Waals surface area contributed by atoms with Crippen LogP contribution in [0.1, 0.15) is 35.8 Å². The van der Waals surface area contributed by atoms with Crippen molar-refractivity contribution in [2.75, 3.05) is 25.1 Å². The van der Waals surface area contributed by atoms with Crippen molar-refractivity contribution in [2.45, 2.75) is 26.3 Å². The van der Waals surface area contributed by atoms with Gasteiger partial charge in [-0.25, -0.2) is 15.0 Å². The molecule has 156 valence electrons. The molecule has 8 heteroatoms. The van der Waals surface area contributed by atoms with Gasteiger partial charge in [-0.3, -0.25) is 9.36 Å². The van der Waals surface area contributed by atoms with Crippen molar-refractivity contribution in [1.29, 1.82) is 0 Å². The van der Waals surface area contributed by atoms with Crippen LogP contribution in [0.25, 0.3) is 5.82 Å². The largest absolute Gasteiger partial charge is 0.497 e. The standard InChI is InChI=1S/C22H26N6O2/c1-16-4-3-9-27(12-16)20-10-21(25-14-24-20)28-13-19(26-15-28)22(29)23-11-17-5-7-18(30-2)8-6-17/h5-8,10,13-16H,3-4,9,11-12H2,1-2H3,(H,23,29)/t16-/m1/s1. The number of rotatable bonds is 6. The van der Waals surface area contributed by atoms with E-state index in [-0.39, 0.29) is 5.91 Å². The Balaban J connectivity index is 1.41. The van der Waals surface area contributed by atoms with Crippen molar-refractivity contribution >= 4 is 11.7 Å². The summed E-state index contributed by atoms with van der Waals surface area (Å²) in [4.78, 5) is 27.8. The van der Waals surface area contributed by atoms with Gasteiger partial charge in [0.05, 0.1) is 7.11 Å². The van der Waals surface area contributed by atoms with E-state index in [1.54, 1.807) is 30.5 Å². The number of carbonyl (C=O) groups excluding carboxylic acids is 1. The number of ether oxygens (including phenoxy) is 1. The number of nitrogens with zero attached hydrogens (tertiary/aromatic N) is 5. The molecule has 4 rings (SSSR count). The third-order valence-electron chi connectivity index (χ3n) is 5.31. The molecule has 1 N–H and O–H groups in total. The van der Waals surface area contributed by atoms with Gasteiger partial charge in [0.15, 0.2) is 0 Å². The number of piperidine rings is 1. The topological polar surface area (TPSA) is 85.2 Å². The van der Waals surface area contributed by atoms with Crippen LogP contribution in [0, 0.1) is 5.92 Å². The Morgan fingerprint density at radius 2 is 2.00 bits per heavy atom. The van der Waals surface area contributed by atoms with Gasteiger partial charge >= 0.3 is 0 Å². The van der Waals surface area contributed by atoms with E-state index >= 15 is 0 Å². The summed E-state index contributed by atoms with van der Waals surface area (Å²) in [5.74, 6) is 2.81. The van der Waals surface area contributed by atoms with Crippen molar-refractivity contribution in [1.82, 2.24) is 24.8 Å². The predicted octanol–water partition coefficient (Wildman–Crippen LogP) is 2.84. The molecule has 0 saturated carbocycles. The molecule has 1 atom stereocenters. The summed E-state index contributed by atoms with van der Waals surface area (Å²) in [6.45, 7) is 4.69. The summed E-state index contributed by atoms with van der Waals surface area (Å²) in [5.41, 5.74) is 1.33. The molecule has 1 saturated heterocycles. The first-order chi connectivity index (χ1) is 14.6. The molecule has 1 aliphatic rings. The fourth-order valence-electron chi connectivity index (χ4n) is 3.63. The van der Waals surface area contributed by atoms with E-state index in [4.69, 9.17) is 4.74 Å². The minimum atomic E-state index is -0.233. The van der Waals surface area contributed by atoms with Crippen LogP contribution in [0.5, 0.6) is 5.75 Å². The molecule has 3 aromatic rings. The quantitative estimate of drug-likeness (QED) is 0.678. The highest BCUT2D eigenvalue weighted by atomic mass is 16.5. The third kappa shape index (κ3) is 4.59. The van der Waals surface area contributed by atoms with Crippen LogP contribution in [-0.2, 0) is 6.54 Å². The number of imidazole rings is 1. The normalized spacial score (nSPS) is 16.3. The van der Waals surface area contributed by atoms with E-state index in [1.165, 1.54) is 12.8 Å². The van der Waals surface area contributed by atoms with Gasteiger partial charge in [-0.2, -0.15) is 0 Å². The molecule has 0 unspecified atom stereocenters. The SMILES string of the molecule is COc1ccc(CNC(=O)c2cn(-c3cc(N4CCC[C@@H](C)C4)ncn3)cn2)cc1. The van der Waals surface area contributed by atoms with Crippen molar-refractivity contribution in [3.63, 3.8) is 0 Å². The van der Waals surface area contributed by atoms with Crippen LogP contribution in [-0.4, -0.2) is 45.6 Å². The molecular formula is C22H26N6O2.